The first-order valence-electron chi connectivity index (χ1n) is 35.3. The monoisotopic (exact) mass is 1280 g/mol. The largest absolute Gasteiger partial charge is 0.472 e. The van der Waals surface area contributed by atoms with Crippen molar-refractivity contribution in [3.05, 3.63) is 0 Å². The van der Waals surface area contributed by atoms with E-state index < -0.39 is 97.5 Å². The number of carbonyl (C=O) groups excluding carboxylic acids is 4. The van der Waals surface area contributed by atoms with Crippen molar-refractivity contribution in [3.63, 3.8) is 0 Å². The first kappa shape index (κ1) is 85.1. The van der Waals surface area contributed by atoms with Crippen LogP contribution in [-0.2, 0) is 65.4 Å². The van der Waals surface area contributed by atoms with Gasteiger partial charge >= 0.3 is 39.5 Å². The Morgan fingerprint density at radius 2 is 0.529 bits per heavy atom. The predicted molar refractivity (Wildman–Crippen MR) is 349 cm³/mol. The maximum absolute atomic E-state index is 13.0. The molecule has 0 fully saturated rings. The van der Waals surface area contributed by atoms with Gasteiger partial charge in [0.25, 0.3) is 0 Å². The lowest BCUT2D eigenvalue weighted by Gasteiger charge is -2.21. The van der Waals surface area contributed by atoms with Gasteiger partial charge < -0.3 is 33.8 Å². The molecular weight excluding hydrogens is 1150 g/mol. The second kappa shape index (κ2) is 59.1. The minimum absolute atomic E-state index is 0.101. The third-order valence-electron chi connectivity index (χ3n) is 15.6. The second-order valence-electron chi connectivity index (χ2n) is 26.0. The van der Waals surface area contributed by atoms with E-state index in [2.05, 4.69) is 48.5 Å². The molecule has 0 heterocycles. The molecule has 0 aliphatic carbocycles. The number of aliphatic hydroxyl groups is 1. The first-order chi connectivity index (χ1) is 41.7. The number of phosphoric ester groups is 2. The smallest absolute Gasteiger partial charge is 0.462 e. The summed E-state index contributed by atoms with van der Waals surface area (Å²) in [6, 6.07) is 0. The molecule has 0 aromatic heterocycles. The standard InChI is InChI=1S/C68H132O17P2/c1-8-9-10-11-12-13-14-15-16-17-18-19-20-21-22-23-26-37-44-51-67(72)84-63(55-78-65(70)49-42-35-27-24-25-32-39-46-59(2)3)57-82-86(74,75)80-53-62(69)54-81-87(76,77)83-58-64(85-68(73)52-45-38-31-29-34-41-48-61(6)7)56-79-66(71)50-43-36-30-28-33-40-47-60(4)5/h59-64,69H,8-58H2,1-7H3,(H,74,75)(H,76,77)/t62-,63-,64-/m1/s1. The molecule has 3 N–H and O–H groups in total. The van der Waals surface area contributed by atoms with Crippen molar-refractivity contribution in [2.24, 2.45) is 17.8 Å². The number of phosphoric acid groups is 2. The first-order valence-corrected chi connectivity index (χ1v) is 38.3. The quantitative estimate of drug-likeness (QED) is 0.0222. The summed E-state index contributed by atoms with van der Waals surface area (Å²) < 4.78 is 68.1. The van der Waals surface area contributed by atoms with Crippen LogP contribution in [0.25, 0.3) is 0 Å². The van der Waals surface area contributed by atoms with Gasteiger partial charge in [0, 0.05) is 25.7 Å². The fraction of sp³-hybridized carbons (Fsp3) is 0.941. The van der Waals surface area contributed by atoms with Crippen LogP contribution in [0, 0.1) is 17.8 Å². The molecule has 0 bridgehead atoms. The average Bonchev–Trinajstić information content (AvgIpc) is 3.66. The molecule has 0 radical (unpaired) electrons. The van der Waals surface area contributed by atoms with Gasteiger partial charge in [-0.15, -0.1) is 0 Å². The number of hydrogen-bond donors (Lipinski definition) is 3. The molecule has 87 heavy (non-hydrogen) atoms. The van der Waals surface area contributed by atoms with E-state index in [4.69, 9.17) is 37.0 Å². The Hall–Kier alpha value is -1.94. The molecule has 0 aliphatic rings. The molecule has 5 atom stereocenters. The zero-order valence-corrected chi connectivity index (χ0v) is 58.3. The summed E-state index contributed by atoms with van der Waals surface area (Å²) in [6.07, 6.45) is 42.3. The molecule has 0 spiro atoms. The van der Waals surface area contributed by atoms with Crippen LogP contribution in [0.2, 0.25) is 0 Å². The van der Waals surface area contributed by atoms with Gasteiger partial charge in [0.1, 0.15) is 19.3 Å². The van der Waals surface area contributed by atoms with Crippen LogP contribution in [-0.4, -0.2) is 96.7 Å². The van der Waals surface area contributed by atoms with Crippen LogP contribution >= 0.6 is 15.6 Å². The minimum Gasteiger partial charge on any atom is -0.462 e. The van der Waals surface area contributed by atoms with E-state index in [1.807, 2.05) is 0 Å². The fourth-order valence-electron chi connectivity index (χ4n) is 10.2. The highest BCUT2D eigenvalue weighted by Crippen LogP contribution is 2.45. The molecule has 0 saturated carbocycles. The second-order valence-corrected chi connectivity index (χ2v) is 28.9. The lowest BCUT2D eigenvalue weighted by molar-refractivity contribution is -0.161. The van der Waals surface area contributed by atoms with Crippen LogP contribution in [0.3, 0.4) is 0 Å². The fourth-order valence-corrected chi connectivity index (χ4v) is 11.8. The van der Waals surface area contributed by atoms with Crippen molar-refractivity contribution in [2.75, 3.05) is 39.6 Å². The Balaban J connectivity index is 5.17. The summed E-state index contributed by atoms with van der Waals surface area (Å²) in [7, 11) is -9.89. The van der Waals surface area contributed by atoms with Gasteiger partial charge in [0.15, 0.2) is 12.2 Å². The van der Waals surface area contributed by atoms with Crippen LogP contribution < -0.4 is 0 Å². The normalized spacial score (nSPS) is 14.3. The van der Waals surface area contributed by atoms with Crippen molar-refractivity contribution in [1.29, 1.82) is 0 Å². The van der Waals surface area contributed by atoms with Gasteiger partial charge in [-0.25, -0.2) is 9.13 Å². The molecule has 2 unspecified atom stereocenters. The molecule has 0 amide bonds. The zero-order chi connectivity index (χ0) is 64.5. The van der Waals surface area contributed by atoms with E-state index in [1.165, 1.54) is 135 Å². The molecule has 0 saturated heterocycles. The molecule has 516 valence electrons. The van der Waals surface area contributed by atoms with Gasteiger partial charge in [-0.05, 0) is 43.4 Å². The zero-order valence-electron chi connectivity index (χ0n) is 56.5. The average molecular weight is 1280 g/mol. The number of carbonyl (C=O) groups is 4. The van der Waals surface area contributed by atoms with Crippen molar-refractivity contribution in [3.8, 4) is 0 Å². The van der Waals surface area contributed by atoms with Crippen molar-refractivity contribution in [1.82, 2.24) is 0 Å². The maximum Gasteiger partial charge on any atom is 0.472 e. The topological polar surface area (TPSA) is 237 Å². The summed E-state index contributed by atoms with van der Waals surface area (Å²) in [5, 5.41) is 10.5. The Kier molecular flexibility index (Phi) is 57.8. The Morgan fingerprint density at radius 1 is 0.310 bits per heavy atom. The number of unbranched alkanes of at least 4 members (excludes halogenated alkanes) is 34. The van der Waals surface area contributed by atoms with Gasteiger partial charge in [-0.3, -0.25) is 37.3 Å². The number of esters is 4. The van der Waals surface area contributed by atoms with Crippen LogP contribution in [0.4, 0.5) is 0 Å². The van der Waals surface area contributed by atoms with Crippen LogP contribution in [0.5, 0.6) is 0 Å². The lowest BCUT2D eigenvalue weighted by Crippen LogP contribution is -2.30. The van der Waals surface area contributed by atoms with Crippen LogP contribution in [0.15, 0.2) is 0 Å². The number of ether oxygens (including phenoxy) is 4. The Morgan fingerprint density at radius 3 is 0.782 bits per heavy atom. The summed E-state index contributed by atoms with van der Waals surface area (Å²) in [4.78, 5) is 72.3. The highest BCUT2D eigenvalue weighted by molar-refractivity contribution is 7.47. The molecular formula is C68H132O17P2. The number of aliphatic hydroxyl groups excluding tert-OH is 1. The molecule has 0 aromatic carbocycles. The highest BCUT2D eigenvalue weighted by atomic mass is 31.2. The van der Waals surface area contributed by atoms with Gasteiger partial charge in [0.2, 0.25) is 0 Å². The maximum atomic E-state index is 13.0. The molecule has 0 aromatic rings. The number of hydrogen-bond acceptors (Lipinski definition) is 15. The van der Waals surface area contributed by atoms with Crippen molar-refractivity contribution < 1.29 is 80.2 Å². The molecule has 17 nitrogen and oxygen atoms in total. The SMILES string of the molecule is CCCCCCCCCCCCCCCCCCCCCC(=O)O[C@H](COC(=O)CCCCCCCCCC(C)C)COP(=O)(O)OC[C@@H](O)COP(=O)(O)OC[C@@H](COC(=O)CCCCCCCCC(C)C)OC(=O)CCCCCCCCC(C)C. The third-order valence-corrected chi connectivity index (χ3v) is 17.5. The van der Waals surface area contributed by atoms with E-state index in [0.29, 0.717) is 43.4 Å². The third kappa shape index (κ3) is 62.6. The van der Waals surface area contributed by atoms with Crippen molar-refractivity contribution in [2.45, 2.75) is 356 Å². The van der Waals surface area contributed by atoms with Gasteiger partial charge in [-0.1, -0.05) is 286 Å². The Bertz CT molecular complexity index is 1720. The van der Waals surface area contributed by atoms with Gasteiger partial charge in [-0.2, -0.15) is 0 Å². The predicted octanol–water partition coefficient (Wildman–Crippen LogP) is 19.1. The van der Waals surface area contributed by atoms with E-state index in [9.17, 15) is 43.2 Å². The van der Waals surface area contributed by atoms with E-state index in [-0.39, 0.29) is 25.7 Å². The minimum atomic E-state index is -4.95. The summed E-state index contributed by atoms with van der Waals surface area (Å²) in [6.45, 7) is 11.6. The molecule has 0 rings (SSSR count). The highest BCUT2D eigenvalue weighted by Gasteiger charge is 2.30. The summed E-state index contributed by atoms with van der Waals surface area (Å²) >= 11 is 0. The van der Waals surface area contributed by atoms with Crippen molar-refractivity contribution >= 4 is 39.5 Å². The van der Waals surface area contributed by atoms with E-state index in [1.54, 1.807) is 0 Å². The number of rotatable bonds is 66. The Labute approximate surface area is 530 Å². The lowest BCUT2D eigenvalue weighted by atomic mass is 10.0. The van der Waals surface area contributed by atoms with E-state index in [0.717, 1.165) is 103 Å². The van der Waals surface area contributed by atoms with E-state index >= 15 is 0 Å². The molecule has 0 aliphatic heterocycles. The summed E-state index contributed by atoms with van der Waals surface area (Å²) in [5.41, 5.74) is 0. The summed E-state index contributed by atoms with van der Waals surface area (Å²) in [5.74, 6) is -0.0841. The van der Waals surface area contributed by atoms with Crippen LogP contribution in [0.1, 0.15) is 337 Å². The molecule has 19 heteroatoms. The van der Waals surface area contributed by atoms with Gasteiger partial charge in [0.05, 0.1) is 26.4 Å².